The number of fused-ring (bicyclic) bond motifs is 1. The van der Waals surface area contributed by atoms with Gasteiger partial charge in [0, 0.05) is 16.6 Å². The van der Waals surface area contributed by atoms with Crippen molar-refractivity contribution in [1.82, 2.24) is 5.48 Å². The summed E-state index contributed by atoms with van der Waals surface area (Å²) >= 11 is 5.86. The molecule has 0 radical (unpaired) electrons. The van der Waals surface area contributed by atoms with Gasteiger partial charge < -0.3 is 15.3 Å². The molecule has 0 aromatic heterocycles. The molecule has 1 fully saturated rings. The summed E-state index contributed by atoms with van der Waals surface area (Å²) in [7, 11) is 0. The van der Waals surface area contributed by atoms with Crippen LogP contribution in [0.5, 0.6) is 0 Å². The second kappa shape index (κ2) is 8.39. The molecule has 1 saturated carbocycles. The van der Waals surface area contributed by atoms with Gasteiger partial charge in [0.1, 0.15) is 0 Å². The van der Waals surface area contributed by atoms with Crippen LogP contribution >= 0.6 is 11.6 Å². The number of allylic oxidation sites excluding steroid dienone is 1. The predicted octanol–water partition coefficient (Wildman–Crippen LogP) is 2.80. The highest BCUT2D eigenvalue weighted by molar-refractivity contribution is 6.30. The van der Waals surface area contributed by atoms with Crippen LogP contribution in [0, 0.1) is 11.8 Å². The summed E-state index contributed by atoms with van der Waals surface area (Å²) in [4.78, 5) is 15.6. The Labute approximate surface area is 157 Å². The molecule has 0 saturated heterocycles. The Morgan fingerprint density at radius 1 is 1.31 bits per heavy atom. The maximum absolute atomic E-state index is 10.5. The van der Waals surface area contributed by atoms with Gasteiger partial charge in [0.15, 0.2) is 0 Å². The number of carbonyl (C=O) groups is 1. The number of aliphatic carboxylic acids is 1. The lowest BCUT2D eigenvalue weighted by Crippen LogP contribution is -2.32. The summed E-state index contributed by atoms with van der Waals surface area (Å²) in [5.74, 6) is -0.625. The Morgan fingerprint density at radius 3 is 2.73 bits per heavy atom. The van der Waals surface area contributed by atoms with E-state index in [1.54, 1.807) is 12.1 Å². The van der Waals surface area contributed by atoms with Gasteiger partial charge in [0.25, 0.3) is 0 Å². The molecule has 2 aliphatic rings. The van der Waals surface area contributed by atoms with Crippen LogP contribution in [0.25, 0.3) is 0 Å². The molecule has 4 atom stereocenters. The summed E-state index contributed by atoms with van der Waals surface area (Å²) < 4.78 is 0. The number of aliphatic hydroxyl groups is 2. The van der Waals surface area contributed by atoms with Crippen molar-refractivity contribution in [2.24, 2.45) is 11.8 Å². The smallest absolute Gasteiger partial charge is 0.305 e. The van der Waals surface area contributed by atoms with Gasteiger partial charge in [-0.2, -0.15) is 0 Å². The number of carboxylic acids is 1. The fourth-order valence-corrected chi connectivity index (χ4v) is 3.91. The van der Waals surface area contributed by atoms with Crippen LogP contribution in [0.3, 0.4) is 0 Å². The van der Waals surface area contributed by atoms with E-state index in [-0.39, 0.29) is 24.9 Å². The van der Waals surface area contributed by atoms with E-state index in [0.29, 0.717) is 11.4 Å². The highest BCUT2D eigenvalue weighted by Gasteiger charge is 2.45. The summed E-state index contributed by atoms with van der Waals surface area (Å²) in [6.07, 6.45) is 1.81. The number of halogens is 1. The van der Waals surface area contributed by atoms with Gasteiger partial charge in [-0.25, -0.2) is 0 Å². The zero-order chi connectivity index (χ0) is 18.7. The molecule has 0 aliphatic heterocycles. The van der Waals surface area contributed by atoms with Gasteiger partial charge in [-0.1, -0.05) is 23.7 Å². The lowest BCUT2D eigenvalue weighted by Gasteiger charge is -2.30. The SMILES string of the molecule is O=C(O)CCONC1=C2CC(CCC(O)c3ccc(Cl)cc3)C(O)C2C1. The summed E-state index contributed by atoms with van der Waals surface area (Å²) in [5.41, 5.74) is 5.78. The van der Waals surface area contributed by atoms with Crippen LogP contribution in [0.4, 0.5) is 0 Å². The van der Waals surface area contributed by atoms with Gasteiger partial charge in [-0.05, 0) is 54.9 Å². The first kappa shape index (κ1) is 19.2. The first-order chi connectivity index (χ1) is 12.5. The van der Waals surface area contributed by atoms with E-state index < -0.39 is 18.2 Å². The number of nitrogens with one attached hydrogen (secondary N) is 1. The molecule has 142 valence electrons. The third-order valence-corrected chi connectivity index (χ3v) is 5.57. The minimum absolute atomic E-state index is 0.0487. The Bertz CT molecular complexity index is 675. The third-order valence-electron chi connectivity index (χ3n) is 5.32. The molecule has 7 heteroatoms. The van der Waals surface area contributed by atoms with E-state index in [9.17, 15) is 15.0 Å². The molecule has 0 bridgehead atoms. The van der Waals surface area contributed by atoms with E-state index in [1.807, 2.05) is 12.1 Å². The van der Waals surface area contributed by atoms with Crippen molar-refractivity contribution in [3.63, 3.8) is 0 Å². The van der Waals surface area contributed by atoms with Crippen LogP contribution in [-0.2, 0) is 9.63 Å². The van der Waals surface area contributed by atoms with E-state index in [4.69, 9.17) is 21.5 Å². The number of hydrogen-bond donors (Lipinski definition) is 4. The standard InChI is InChI=1S/C19H24ClNO5/c20-13-4-1-11(2-5-13)17(22)6-3-12-9-14-15(19(12)25)10-16(14)21-26-8-7-18(23)24/h1-2,4-5,12,15,17,19,21-22,25H,3,6-10H2,(H,23,24). The monoisotopic (exact) mass is 381 g/mol. The fourth-order valence-electron chi connectivity index (χ4n) is 3.78. The van der Waals surface area contributed by atoms with E-state index in [1.165, 1.54) is 5.57 Å². The quantitative estimate of drug-likeness (QED) is 0.388. The molecule has 2 aliphatic carbocycles. The Morgan fingerprint density at radius 2 is 2.04 bits per heavy atom. The van der Waals surface area contributed by atoms with Crippen molar-refractivity contribution in [2.45, 2.75) is 44.3 Å². The van der Waals surface area contributed by atoms with Gasteiger partial charge in [0.05, 0.1) is 25.2 Å². The Kier molecular flexibility index (Phi) is 6.19. The number of carboxylic acid groups (broad SMARTS) is 1. The average Bonchev–Trinajstić information content (AvgIpc) is 2.83. The minimum Gasteiger partial charge on any atom is -0.481 e. The molecule has 4 unspecified atom stereocenters. The van der Waals surface area contributed by atoms with Gasteiger partial charge >= 0.3 is 5.97 Å². The number of aliphatic hydroxyl groups excluding tert-OH is 2. The van der Waals surface area contributed by atoms with Crippen LogP contribution in [-0.4, -0.2) is 34.0 Å². The Hall–Kier alpha value is -1.60. The van der Waals surface area contributed by atoms with Crippen LogP contribution in [0.2, 0.25) is 5.02 Å². The maximum atomic E-state index is 10.5. The molecule has 0 amide bonds. The fraction of sp³-hybridized carbons (Fsp3) is 0.526. The molecule has 0 heterocycles. The molecule has 0 spiro atoms. The van der Waals surface area contributed by atoms with Crippen molar-refractivity contribution in [2.75, 3.05) is 6.61 Å². The summed E-state index contributed by atoms with van der Waals surface area (Å²) in [6.45, 7) is 0.107. The summed E-state index contributed by atoms with van der Waals surface area (Å²) in [5, 5.41) is 30.0. The average molecular weight is 382 g/mol. The van der Waals surface area contributed by atoms with Gasteiger partial charge in [-0.15, -0.1) is 0 Å². The molecule has 6 nitrogen and oxygen atoms in total. The molecule has 4 N–H and O–H groups in total. The number of rotatable bonds is 9. The topological polar surface area (TPSA) is 99.0 Å². The van der Waals surface area contributed by atoms with Crippen molar-refractivity contribution in [3.05, 3.63) is 46.1 Å². The van der Waals surface area contributed by atoms with E-state index >= 15 is 0 Å². The highest BCUT2D eigenvalue weighted by Crippen LogP contribution is 2.49. The maximum Gasteiger partial charge on any atom is 0.305 e. The lowest BCUT2D eigenvalue weighted by molar-refractivity contribution is -0.138. The third kappa shape index (κ3) is 4.38. The van der Waals surface area contributed by atoms with Crippen LogP contribution in [0.1, 0.15) is 43.8 Å². The second-order valence-corrected chi connectivity index (χ2v) is 7.44. The molecular formula is C19H24ClNO5. The number of benzene rings is 1. The molecule has 1 aromatic rings. The summed E-state index contributed by atoms with van der Waals surface area (Å²) in [6, 6.07) is 7.16. The number of hydrogen-bond acceptors (Lipinski definition) is 5. The van der Waals surface area contributed by atoms with Crippen molar-refractivity contribution in [3.8, 4) is 0 Å². The second-order valence-electron chi connectivity index (χ2n) is 7.01. The zero-order valence-corrected chi connectivity index (χ0v) is 15.2. The van der Waals surface area contributed by atoms with Crippen molar-refractivity contribution < 1.29 is 25.0 Å². The molecule has 3 rings (SSSR count). The largest absolute Gasteiger partial charge is 0.481 e. The Balaban J connectivity index is 1.47. The highest BCUT2D eigenvalue weighted by atomic mass is 35.5. The van der Waals surface area contributed by atoms with E-state index in [0.717, 1.165) is 30.5 Å². The normalized spacial score (nSPS) is 25.6. The zero-order valence-electron chi connectivity index (χ0n) is 14.4. The first-order valence-electron chi connectivity index (χ1n) is 8.88. The van der Waals surface area contributed by atoms with E-state index in [2.05, 4.69) is 5.48 Å². The van der Waals surface area contributed by atoms with Crippen LogP contribution < -0.4 is 5.48 Å². The van der Waals surface area contributed by atoms with Gasteiger partial charge in [-0.3, -0.25) is 15.1 Å². The number of hydroxylamine groups is 1. The first-order valence-corrected chi connectivity index (χ1v) is 9.26. The minimum atomic E-state index is -0.897. The molecular weight excluding hydrogens is 358 g/mol. The van der Waals surface area contributed by atoms with Crippen molar-refractivity contribution in [1.29, 1.82) is 0 Å². The molecule has 26 heavy (non-hydrogen) atoms. The molecule has 1 aromatic carbocycles. The van der Waals surface area contributed by atoms with Gasteiger partial charge in [0.2, 0.25) is 0 Å². The van der Waals surface area contributed by atoms with Crippen molar-refractivity contribution >= 4 is 17.6 Å². The predicted molar refractivity (Wildman–Crippen MR) is 96.2 cm³/mol. The van der Waals surface area contributed by atoms with Crippen LogP contribution in [0.15, 0.2) is 35.5 Å². The lowest BCUT2D eigenvalue weighted by atomic mass is 9.83.